The van der Waals surface area contributed by atoms with E-state index < -0.39 is 17.8 Å². The van der Waals surface area contributed by atoms with E-state index in [9.17, 15) is 19.5 Å². The van der Waals surface area contributed by atoms with Crippen LogP contribution in [0.15, 0.2) is 65.8 Å². The quantitative estimate of drug-likeness (QED) is 0.109. The highest BCUT2D eigenvalue weighted by Gasteiger charge is 2.20. The molecule has 0 saturated carbocycles. The van der Waals surface area contributed by atoms with Crippen LogP contribution < -0.4 is 10.6 Å². The lowest BCUT2D eigenvalue weighted by molar-refractivity contribution is 0.0697. The second kappa shape index (κ2) is 10.4. The normalized spacial score (nSPS) is 10.3. The van der Waals surface area contributed by atoms with Gasteiger partial charge >= 0.3 is 5.97 Å². The monoisotopic (exact) mass is 605 g/mol. The Labute approximate surface area is 223 Å². The van der Waals surface area contributed by atoms with E-state index in [1.54, 1.807) is 54.1 Å². The number of nitrogens with zero attached hydrogens (tertiary/aromatic N) is 5. The Balaban J connectivity index is 1.65. The van der Waals surface area contributed by atoms with Gasteiger partial charge < -0.3 is 20.3 Å². The summed E-state index contributed by atoms with van der Waals surface area (Å²) in [4.78, 5) is 40.4. The highest BCUT2D eigenvalue weighted by molar-refractivity contribution is 14.1. The zero-order chi connectivity index (χ0) is 26.7. The first-order valence-electron chi connectivity index (χ1n) is 10.6. The van der Waals surface area contributed by atoms with E-state index in [0.717, 1.165) is 0 Å². The second-order valence-electron chi connectivity index (χ2n) is 7.77. The summed E-state index contributed by atoms with van der Waals surface area (Å²) in [5, 5.41) is 28.2. The molecule has 3 N–H and O–H groups in total. The Hall–Kier alpha value is -4.86. The minimum atomic E-state index is -1.28. The minimum Gasteiger partial charge on any atom is -0.478 e. The molecule has 2 amide bonds. The molecule has 11 nitrogen and oxygen atoms in total. The van der Waals surface area contributed by atoms with Crippen molar-refractivity contribution in [3.05, 3.63) is 97.1 Å². The van der Waals surface area contributed by atoms with E-state index in [0.29, 0.717) is 31.4 Å². The molecule has 4 aromatic rings. The van der Waals surface area contributed by atoms with Crippen LogP contribution in [0.25, 0.3) is 21.3 Å². The summed E-state index contributed by atoms with van der Waals surface area (Å²) in [6.07, 6.45) is 0. The molecular weight excluding hydrogens is 589 g/mol. The molecule has 1 heterocycles. The van der Waals surface area contributed by atoms with Gasteiger partial charge in [-0.25, -0.2) is 4.79 Å². The molecular formula is C25H16IN7O4. The van der Waals surface area contributed by atoms with Crippen molar-refractivity contribution in [2.75, 3.05) is 10.6 Å². The molecule has 0 saturated heterocycles. The number of hydrogen-bond acceptors (Lipinski definition) is 5. The standard InChI is InChI=1S/C25H16IN7O4/c1-33-21(24(35)29-18-7-5-13(12-27)9-16(18)25(36)37)11-14-3-2-4-20(22(14)33)30-23(34)15-6-8-19(31-32-28)17(26)10-15/h2-11H,1H3,(H,29,35)(H,30,34)(H,36,37). The molecule has 0 atom stereocenters. The van der Waals surface area contributed by atoms with Crippen LogP contribution in [0.4, 0.5) is 17.1 Å². The zero-order valence-corrected chi connectivity index (χ0v) is 21.2. The van der Waals surface area contributed by atoms with Gasteiger partial charge in [0.25, 0.3) is 11.8 Å². The van der Waals surface area contributed by atoms with Crippen molar-refractivity contribution >= 4 is 68.3 Å². The molecule has 3 aromatic carbocycles. The number of nitrogens with one attached hydrogen (secondary N) is 2. The first-order valence-corrected chi connectivity index (χ1v) is 11.6. The third-order valence-corrected chi connectivity index (χ3v) is 6.39. The number of carbonyl (C=O) groups excluding carboxylic acids is 2. The van der Waals surface area contributed by atoms with Crippen molar-refractivity contribution in [2.45, 2.75) is 0 Å². The number of halogens is 1. The number of benzene rings is 3. The minimum absolute atomic E-state index is 0.0501. The highest BCUT2D eigenvalue weighted by atomic mass is 127. The van der Waals surface area contributed by atoms with Crippen molar-refractivity contribution in [1.82, 2.24) is 4.57 Å². The first kappa shape index (κ1) is 25.2. The molecule has 0 aliphatic carbocycles. The Kier molecular flexibility index (Phi) is 7.10. The van der Waals surface area contributed by atoms with E-state index in [-0.39, 0.29) is 22.5 Å². The van der Waals surface area contributed by atoms with Crippen LogP contribution in [0, 0.1) is 14.9 Å². The fraction of sp³-hybridized carbons (Fsp3) is 0.0400. The van der Waals surface area contributed by atoms with E-state index in [4.69, 9.17) is 10.8 Å². The van der Waals surface area contributed by atoms with Gasteiger partial charge in [0.1, 0.15) is 5.69 Å². The maximum absolute atomic E-state index is 13.1. The number of amides is 2. The number of carboxylic acids is 1. The molecule has 0 aliphatic heterocycles. The molecule has 1 aromatic heterocycles. The fourth-order valence-electron chi connectivity index (χ4n) is 3.79. The van der Waals surface area contributed by atoms with Gasteiger partial charge in [0.05, 0.1) is 39.8 Å². The summed E-state index contributed by atoms with van der Waals surface area (Å²) in [7, 11) is 1.65. The topological polar surface area (TPSA) is 173 Å². The van der Waals surface area contributed by atoms with E-state index in [1.807, 2.05) is 28.7 Å². The predicted octanol–water partition coefficient (Wildman–Crippen LogP) is 5.80. The number of fused-ring (bicyclic) bond motifs is 1. The molecule has 0 radical (unpaired) electrons. The smallest absolute Gasteiger partial charge is 0.337 e. The van der Waals surface area contributed by atoms with Crippen molar-refractivity contribution < 1.29 is 19.5 Å². The SMILES string of the molecule is Cn1c(C(=O)Nc2ccc(C#N)cc2C(=O)O)cc2cccc(NC(=O)c3ccc(N=[N+]=[N-])c(I)c3)c21. The molecule has 0 fully saturated rings. The van der Waals surface area contributed by atoms with Gasteiger partial charge in [-0.15, -0.1) is 0 Å². The number of hydrogen-bond donors (Lipinski definition) is 3. The Morgan fingerprint density at radius 3 is 2.49 bits per heavy atom. The molecule has 0 unspecified atom stereocenters. The Bertz CT molecular complexity index is 1700. The summed E-state index contributed by atoms with van der Waals surface area (Å²) in [5.41, 5.74) is 10.7. The number of anilines is 2. The number of nitriles is 1. The molecule has 37 heavy (non-hydrogen) atoms. The number of azide groups is 1. The number of carbonyl (C=O) groups is 3. The molecule has 0 bridgehead atoms. The Morgan fingerprint density at radius 1 is 1.05 bits per heavy atom. The van der Waals surface area contributed by atoms with Crippen LogP contribution in [0.2, 0.25) is 0 Å². The number of rotatable bonds is 6. The molecule has 182 valence electrons. The van der Waals surface area contributed by atoms with Crippen molar-refractivity contribution in [3.63, 3.8) is 0 Å². The van der Waals surface area contributed by atoms with E-state index in [2.05, 4.69) is 20.7 Å². The van der Waals surface area contributed by atoms with Crippen molar-refractivity contribution in [2.24, 2.45) is 12.2 Å². The van der Waals surface area contributed by atoms with Crippen LogP contribution in [0.1, 0.15) is 36.8 Å². The number of aryl methyl sites for hydroxylation is 1. The molecule has 0 aliphatic rings. The summed E-state index contributed by atoms with van der Waals surface area (Å²) in [6.45, 7) is 0. The van der Waals surface area contributed by atoms with Crippen LogP contribution in [0.3, 0.4) is 0 Å². The van der Waals surface area contributed by atoms with Gasteiger partial charge in [0.15, 0.2) is 0 Å². The van der Waals surface area contributed by atoms with Gasteiger partial charge in [-0.1, -0.05) is 23.3 Å². The van der Waals surface area contributed by atoms with E-state index in [1.165, 1.54) is 18.2 Å². The van der Waals surface area contributed by atoms with Gasteiger partial charge in [-0.05, 0) is 70.6 Å². The van der Waals surface area contributed by atoms with Gasteiger partial charge in [0, 0.05) is 26.5 Å². The van der Waals surface area contributed by atoms with Crippen molar-refractivity contribution in [1.29, 1.82) is 5.26 Å². The number of para-hydroxylation sites is 1. The highest BCUT2D eigenvalue weighted by Crippen LogP contribution is 2.29. The third-order valence-electron chi connectivity index (χ3n) is 5.53. The summed E-state index contributed by atoms with van der Waals surface area (Å²) < 4.78 is 2.21. The largest absolute Gasteiger partial charge is 0.478 e. The average molecular weight is 605 g/mol. The van der Waals surface area contributed by atoms with Gasteiger partial charge in [0.2, 0.25) is 0 Å². The van der Waals surface area contributed by atoms with Crippen LogP contribution >= 0.6 is 22.6 Å². The summed E-state index contributed by atoms with van der Waals surface area (Å²) in [5.74, 6) is -2.24. The summed E-state index contributed by atoms with van der Waals surface area (Å²) in [6, 6.07) is 17.4. The number of aromatic carboxylic acids is 1. The fourth-order valence-corrected chi connectivity index (χ4v) is 4.42. The average Bonchev–Trinajstić information content (AvgIpc) is 3.22. The van der Waals surface area contributed by atoms with E-state index >= 15 is 0 Å². The van der Waals surface area contributed by atoms with Gasteiger partial charge in [-0.3, -0.25) is 9.59 Å². The van der Waals surface area contributed by atoms with Crippen LogP contribution in [-0.2, 0) is 7.05 Å². The summed E-state index contributed by atoms with van der Waals surface area (Å²) >= 11 is 1.98. The molecule has 4 rings (SSSR count). The second-order valence-corrected chi connectivity index (χ2v) is 8.94. The maximum atomic E-state index is 13.1. The first-order chi connectivity index (χ1) is 17.7. The van der Waals surface area contributed by atoms with Gasteiger partial charge in [-0.2, -0.15) is 5.26 Å². The van der Waals surface area contributed by atoms with Crippen LogP contribution in [-0.4, -0.2) is 27.5 Å². The lowest BCUT2D eigenvalue weighted by atomic mass is 10.1. The van der Waals surface area contributed by atoms with Crippen molar-refractivity contribution in [3.8, 4) is 6.07 Å². The zero-order valence-electron chi connectivity index (χ0n) is 19.1. The lowest BCUT2D eigenvalue weighted by Gasteiger charge is -2.12. The predicted molar refractivity (Wildman–Crippen MR) is 145 cm³/mol. The lowest BCUT2D eigenvalue weighted by Crippen LogP contribution is -2.18. The third kappa shape index (κ3) is 5.08. The number of aromatic nitrogens is 1. The molecule has 12 heteroatoms. The Morgan fingerprint density at radius 2 is 1.81 bits per heavy atom. The maximum Gasteiger partial charge on any atom is 0.337 e. The molecule has 0 spiro atoms. The van der Waals surface area contributed by atoms with Crippen LogP contribution in [0.5, 0.6) is 0 Å². The number of carboxylic acid groups (broad SMARTS) is 1.